The van der Waals surface area contributed by atoms with Crippen molar-refractivity contribution in [2.24, 2.45) is 11.5 Å². The molecule has 0 saturated carbocycles. The van der Waals surface area contributed by atoms with Gasteiger partial charge in [-0.05, 0) is 12.1 Å². The first-order chi connectivity index (χ1) is 8.09. The van der Waals surface area contributed by atoms with Crippen molar-refractivity contribution in [2.75, 3.05) is 6.61 Å². The van der Waals surface area contributed by atoms with E-state index in [1.54, 1.807) is 0 Å². The molecule has 0 fully saturated rings. The van der Waals surface area contributed by atoms with Crippen molar-refractivity contribution < 1.29 is 27.8 Å². The maximum atomic E-state index is 11.8. The molecule has 0 aliphatic carbocycles. The summed E-state index contributed by atoms with van der Waals surface area (Å²) in [6.45, 7) is -1.47. The summed E-state index contributed by atoms with van der Waals surface area (Å²) in [6.07, 6.45) is -3.58. The first-order valence-electron chi connectivity index (χ1n) is 4.60. The average Bonchev–Trinajstić information content (AvgIpc) is 2.24. The molecule has 1 rings (SSSR count). The first kappa shape index (κ1) is 14.4. The number of hydrogen-bond donors (Lipinski definition) is 3. The Kier molecular flexibility index (Phi) is 3.89. The number of aromatic nitrogens is 1. The van der Waals surface area contributed by atoms with Gasteiger partial charge in [0, 0.05) is 0 Å². The molecule has 6 nitrogen and oxygen atoms in total. The van der Waals surface area contributed by atoms with E-state index in [4.69, 9.17) is 16.6 Å². The van der Waals surface area contributed by atoms with Gasteiger partial charge in [0.1, 0.15) is 11.4 Å². The van der Waals surface area contributed by atoms with E-state index in [-0.39, 0.29) is 11.4 Å². The van der Waals surface area contributed by atoms with Crippen LogP contribution in [0.2, 0.25) is 0 Å². The highest BCUT2D eigenvalue weighted by Crippen LogP contribution is 2.18. The lowest BCUT2D eigenvalue weighted by Crippen LogP contribution is -2.56. The van der Waals surface area contributed by atoms with E-state index in [9.17, 15) is 18.0 Å². The lowest BCUT2D eigenvalue weighted by molar-refractivity contribution is -0.153. The zero-order chi connectivity index (χ0) is 14.0. The Hall–Kier alpha value is -1.71. The number of rotatable bonds is 4. The van der Waals surface area contributed by atoms with Crippen LogP contribution in [0, 0.1) is 0 Å². The molecule has 0 aliphatic rings. The third-order valence-corrected chi connectivity index (χ3v) is 1.74. The number of carbonyl (C=O) groups excluding carboxylic acids is 1. The van der Waals surface area contributed by atoms with Crippen LogP contribution in [-0.2, 0) is 0 Å². The van der Waals surface area contributed by atoms with Crippen molar-refractivity contribution >= 4 is 5.78 Å². The van der Waals surface area contributed by atoms with Gasteiger partial charge in [0.2, 0.25) is 11.6 Å². The second-order valence-corrected chi connectivity index (χ2v) is 3.44. The molecule has 0 spiro atoms. The summed E-state index contributed by atoms with van der Waals surface area (Å²) in [5, 5.41) is 9.00. The lowest BCUT2D eigenvalue weighted by atomic mass is 10.2. The van der Waals surface area contributed by atoms with E-state index < -0.39 is 24.4 Å². The van der Waals surface area contributed by atoms with Gasteiger partial charge in [-0.2, -0.15) is 13.2 Å². The SMILES string of the molecule is NC(N)(O)C(=O)c1ccc(OCC(F)(F)F)cn1. The molecule has 9 heteroatoms. The van der Waals surface area contributed by atoms with Crippen LogP contribution >= 0.6 is 0 Å². The van der Waals surface area contributed by atoms with Gasteiger partial charge in [0.05, 0.1) is 6.20 Å². The molecule has 0 aromatic carbocycles. The summed E-state index contributed by atoms with van der Waals surface area (Å²) in [5.74, 6) is -3.83. The van der Waals surface area contributed by atoms with Crippen LogP contribution in [0.3, 0.4) is 0 Å². The summed E-state index contributed by atoms with van der Waals surface area (Å²) < 4.78 is 39.9. The van der Waals surface area contributed by atoms with Crippen LogP contribution in [0.1, 0.15) is 10.5 Å². The average molecular weight is 265 g/mol. The number of carbonyl (C=O) groups is 1. The highest BCUT2D eigenvalue weighted by molar-refractivity contribution is 5.99. The number of alkyl halides is 3. The van der Waals surface area contributed by atoms with Crippen LogP contribution in [0.5, 0.6) is 5.75 Å². The van der Waals surface area contributed by atoms with Gasteiger partial charge < -0.3 is 9.84 Å². The van der Waals surface area contributed by atoms with Gasteiger partial charge in [-0.25, -0.2) is 4.98 Å². The van der Waals surface area contributed by atoms with Gasteiger partial charge in [-0.15, -0.1) is 0 Å². The van der Waals surface area contributed by atoms with Crippen LogP contribution in [0.25, 0.3) is 0 Å². The van der Waals surface area contributed by atoms with Gasteiger partial charge in [0.15, 0.2) is 6.61 Å². The van der Waals surface area contributed by atoms with Crippen molar-refractivity contribution in [1.29, 1.82) is 0 Å². The standard InChI is InChI=1S/C9H10F3N3O3/c10-8(11,12)4-18-5-1-2-6(15-3-5)7(16)9(13,14)17/h1-3,17H,4,13-14H2. The van der Waals surface area contributed by atoms with Crippen molar-refractivity contribution in [3.63, 3.8) is 0 Å². The summed E-state index contributed by atoms with van der Waals surface area (Å²) in [5.41, 5.74) is 9.57. The number of ether oxygens (including phenoxy) is 1. The number of nitrogens with two attached hydrogens (primary N) is 2. The molecular weight excluding hydrogens is 255 g/mol. The molecular formula is C9H10F3N3O3. The van der Waals surface area contributed by atoms with Gasteiger partial charge in [0.25, 0.3) is 0 Å². The third kappa shape index (κ3) is 4.28. The number of ketones is 1. The Morgan fingerprint density at radius 3 is 2.39 bits per heavy atom. The second-order valence-electron chi connectivity index (χ2n) is 3.44. The maximum Gasteiger partial charge on any atom is 0.422 e. The fourth-order valence-corrected chi connectivity index (χ4v) is 0.970. The minimum Gasteiger partial charge on any atom is -0.483 e. The van der Waals surface area contributed by atoms with Crippen LogP contribution in [0.4, 0.5) is 13.2 Å². The molecule has 0 amide bonds. The number of nitrogens with zero attached hydrogens (tertiary/aromatic N) is 1. The van der Waals surface area contributed by atoms with Crippen molar-refractivity contribution in [3.8, 4) is 5.75 Å². The molecule has 5 N–H and O–H groups in total. The van der Waals surface area contributed by atoms with Crippen LogP contribution in [0.15, 0.2) is 18.3 Å². The van der Waals surface area contributed by atoms with Crippen LogP contribution in [-0.4, -0.2) is 34.5 Å². The number of hydrogen-bond acceptors (Lipinski definition) is 6. The molecule has 1 aromatic heterocycles. The van der Waals surface area contributed by atoms with Crippen molar-refractivity contribution in [1.82, 2.24) is 4.98 Å². The van der Waals surface area contributed by atoms with E-state index in [1.807, 2.05) is 0 Å². The van der Waals surface area contributed by atoms with E-state index in [1.165, 1.54) is 0 Å². The quantitative estimate of drug-likeness (QED) is 0.512. The molecule has 0 bridgehead atoms. The number of halogens is 3. The van der Waals surface area contributed by atoms with Gasteiger partial charge in [-0.1, -0.05) is 0 Å². The predicted molar refractivity (Wildman–Crippen MR) is 53.4 cm³/mol. The fourth-order valence-electron chi connectivity index (χ4n) is 0.970. The monoisotopic (exact) mass is 265 g/mol. The molecule has 0 saturated heterocycles. The maximum absolute atomic E-state index is 11.8. The molecule has 0 aliphatic heterocycles. The van der Waals surface area contributed by atoms with Crippen LogP contribution < -0.4 is 16.2 Å². The van der Waals surface area contributed by atoms with E-state index in [0.717, 1.165) is 18.3 Å². The molecule has 18 heavy (non-hydrogen) atoms. The third-order valence-electron chi connectivity index (χ3n) is 1.74. The smallest absolute Gasteiger partial charge is 0.422 e. The molecule has 1 heterocycles. The Morgan fingerprint density at radius 1 is 1.39 bits per heavy atom. The van der Waals surface area contributed by atoms with Gasteiger partial charge >= 0.3 is 6.18 Å². The zero-order valence-electron chi connectivity index (χ0n) is 8.94. The Balaban J connectivity index is 2.72. The highest BCUT2D eigenvalue weighted by Gasteiger charge is 2.29. The second kappa shape index (κ2) is 4.88. The minimum absolute atomic E-state index is 0.179. The lowest BCUT2D eigenvalue weighted by Gasteiger charge is -2.14. The Labute approximate surface area is 99.4 Å². The summed E-state index contributed by atoms with van der Waals surface area (Å²) in [7, 11) is 0. The zero-order valence-corrected chi connectivity index (χ0v) is 8.94. The Morgan fingerprint density at radius 2 is 2.00 bits per heavy atom. The molecule has 100 valence electrons. The van der Waals surface area contributed by atoms with Crippen molar-refractivity contribution in [2.45, 2.75) is 12.0 Å². The number of aliphatic hydroxyl groups is 1. The topological polar surface area (TPSA) is 111 Å². The number of Topliss-reactive ketones (excluding diaryl/α,β-unsaturated/α-hetero) is 1. The van der Waals surface area contributed by atoms with E-state index in [0.29, 0.717) is 0 Å². The van der Waals surface area contributed by atoms with E-state index >= 15 is 0 Å². The summed E-state index contributed by atoms with van der Waals surface area (Å²) in [6, 6.07) is 2.12. The Bertz CT molecular complexity index is 425. The number of pyridine rings is 1. The molecule has 0 unspecified atom stereocenters. The first-order valence-corrected chi connectivity index (χ1v) is 4.60. The molecule has 1 aromatic rings. The van der Waals surface area contributed by atoms with Gasteiger partial charge in [-0.3, -0.25) is 16.3 Å². The highest BCUT2D eigenvalue weighted by atomic mass is 19.4. The fraction of sp³-hybridized carbons (Fsp3) is 0.333. The minimum atomic E-state index is -4.47. The predicted octanol–water partition coefficient (Wildman–Crippen LogP) is -0.231. The van der Waals surface area contributed by atoms with Crippen molar-refractivity contribution in [3.05, 3.63) is 24.0 Å². The summed E-state index contributed by atoms with van der Waals surface area (Å²) >= 11 is 0. The normalized spacial score (nSPS) is 12.3. The molecule has 0 atom stereocenters. The summed E-state index contributed by atoms with van der Waals surface area (Å²) in [4.78, 5) is 14.8. The molecule has 0 radical (unpaired) electrons. The largest absolute Gasteiger partial charge is 0.483 e. The van der Waals surface area contributed by atoms with E-state index in [2.05, 4.69) is 9.72 Å².